The maximum Gasteiger partial charge on any atom is 0.127 e. The van der Waals surface area contributed by atoms with Gasteiger partial charge in [0.1, 0.15) is 5.82 Å². The number of benzene rings is 1. The van der Waals surface area contributed by atoms with Crippen LogP contribution >= 0.6 is 11.9 Å². The SMILES string of the molecule is CCCC(N)Cc1cc(F)c(CC)c(SNC)c1. The molecule has 1 aromatic rings. The molecule has 0 saturated carbocycles. The van der Waals surface area contributed by atoms with Gasteiger partial charge in [-0.15, -0.1) is 0 Å². The van der Waals surface area contributed by atoms with Crippen molar-refractivity contribution in [1.29, 1.82) is 0 Å². The van der Waals surface area contributed by atoms with Gasteiger partial charge in [0.05, 0.1) is 0 Å². The number of rotatable bonds is 7. The summed E-state index contributed by atoms with van der Waals surface area (Å²) < 4.78 is 17.0. The van der Waals surface area contributed by atoms with Crippen LogP contribution in [0.25, 0.3) is 0 Å². The molecule has 2 nitrogen and oxygen atoms in total. The Bertz CT molecular complexity index is 382. The van der Waals surface area contributed by atoms with E-state index < -0.39 is 0 Å². The molecule has 102 valence electrons. The van der Waals surface area contributed by atoms with Gasteiger partial charge in [-0.1, -0.05) is 20.3 Å². The van der Waals surface area contributed by atoms with Gasteiger partial charge in [-0.05, 0) is 56.0 Å². The Labute approximate surface area is 114 Å². The second kappa shape index (κ2) is 7.77. The largest absolute Gasteiger partial charge is 0.327 e. The molecule has 4 heteroatoms. The molecule has 0 bridgehead atoms. The number of hydrogen-bond acceptors (Lipinski definition) is 3. The van der Waals surface area contributed by atoms with E-state index in [0.717, 1.165) is 35.3 Å². The second-order valence-electron chi connectivity index (χ2n) is 4.47. The van der Waals surface area contributed by atoms with Crippen LogP contribution in [0.2, 0.25) is 0 Å². The lowest BCUT2D eigenvalue weighted by Crippen LogP contribution is -2.22. The molecule has 1 atom stereocenters. The van der Waals surface area contributed by atoms with Crippen molar-refractivity contribution in [3.8, 4) is 0 Å². The lowest BCUT2D eigenvalue weighted by atomic mass is 10.0. The zero-order valence-corrected chi connectivity index (χ0v) is 12.2. The van der Waals surface area contributed by atoms with Crippen molar-refractivity contribution in [3.05, 3.63) is 29.1 Å². The Morgan fingerprint density at radius 2 is 2.11 bits per heavy atom. The number of halogens is 1. The van der Waals surface area contributed by atoms with Gasteiger partial charge in [-0.25, -0.2) is 4.39 Å². The first-order valence-electron chi connectivity index (χ1n) is 6.52. The molecule has 0 fully saturated rings. The molecule has 0 heterocycles. The highest BCUT2D eigenvalue weighted by molar-refractivity contribution is 7.97. The van der Waals surface area contributed by atoms with Crippen molar-refractivity contribution in [3.63, 3.8) is 0 Å². The summed E-state index contributed by atoms with van der Waals surface area (Å²) in [4.78, 5) is 0.971. The Kier molecular flexibility index (Phi) is 6.68. The summed E-state index contributed by atoms with van der Waals surface area (Å²) in [6, 6.07) is 3.81. The average Bonchev–Trinajstić information content (AvgIpc) is 2.29. The van der Waals surface area contributed by atoms with E-state index in [-0.39, 0.29) is 11.9 Å². The Morgan fingerprint density at radius 3 is 2.67 bits per heavy atom. The van der Waals surface area contributed by atoms with E-state index in [1.807, 2.05) is 14.0 Å². The van der Waals surface area contributed by atoms with E-state index in [0.29, 0.717) is 6.42 Å². The molecule has 0 aliphatic carbocycles. The minimum Gasteiger partial charge on any atom is -0.327 e. The number of nitrogens with two attached hydrogens (primary N) is 1. The van der Waals surface area contributed by atoms with Crippen LogP contribution in [0.4, 0.5) is 4.39 Å². The molecule has 0 amide bonds. The molecule has 0 aliphatic heterocycles. The quantitative estimate of drug-likeness (QED) is 0.747. The molecule has 1 aromatic carbocycles. The molecule has 1 unspecified atom stereocenters. The lowest BCUT2D eigenvalue weighted by Gasteiger charge is -2.14. The Hall–Kier alpha value is -0.580. The van der Waals surface area contributed by atoms with Gasteiger partial charge in [0, 0.05) is 16.5 Å². The molecule has 1 rings (SSSR count). The molecule has 0 aromatic heterocycles. The molecule has 0 spiro atoms. The maximum absolute atomic E-state index is 14.0. The third kappa shape index (κ3) is 4.26. The van der Waals surface area contributed by atoms with Crippen LogP contribution in [0.3, 0.4) is 0 Å². The minimum absolute atomic E-state index is 0.114. The van der Waals surface area contributed by atoms with Gasteiger partial charge in [0.25, 0.3) is 0 Å². The van der Waals surface area contributed by atoms with Crippen molar-refractivity contribution in [1.82, 2.24) is 4.72 Å². The maximum atomic E-state index is 14.0. The van der Waals surface area contributed by atoms with Crippen molar-refractivity contribution in [2.45, 2.75) is 50.5 Å². The molecule has 18 heavy (non-hydrogen) atoms. The predicted molar refractivity (Wildman–Crippen MR) is 77.3 cm³/mol. The van der Waals surface area contributed by atoms with Crippen LogP contribution in [-0.4, -0.2) is 13.1 Å². The van der Waals surface area contributed by atoms with Crippen LogP contribution in [-0.2, 0) is 12.8 Å². The zero-order chi connectivity index (χ0) is 13.5. The van der Waals surface area contributed by atoms with Crippen LogP contribution in [0, 0.1) is 5.82 Å². The van der Waals surface area contributed by atoms with E-state index in [1.165, 1.54) is 11.9 Å². The first-order valence-corrected chi connectivity index (χ1v) is 7.34. The van der Waals surface area contributed by atoms with Gasteiger partial charge >= 0.3 is 0 Å². The third-order valence-electron chi connectivity index (χ3n) is 2.94. The monoisotopic (exact) mass is 270 g/mol. The highest BCUT2D eigenvalue weighted by Gasteiger charge is 2.11. The Balaban J connectivity index is 2.93. The molecule has 0 aliphatic rings. The second-order valence-corrected chi connectivity index (χ2v) is 5.52. The summed E-state index contributed by atoms with van der Waals surface area (Å²) in [6.07, 6.45) is 3.49. The lowest BCUT2D eigenvalue weighted by molar-refractivity contribution is 0.583. The third-order valence-corrected chi connectivity index (χ3v) is 3.73. The fourth-order valence-corrected chi connectivity index (χ4v) is 2.90. The van der Waals surface area contributed by atoms with Crippen molar-refractivity contribution < 1.29 is 4.39 Å². The summed E-state index contributed by atoms with van der Waals surface area (Å²) >= 11 is 1.46. The van der Waals surface area contributed by atoms with Gasteiger partial charge in [-0.2, -0.15) is 0 Å². The molecule has 0 saturated heterocycles. The standard InChI is InChI=1S/C14H23FN2S/c1-4-6-11(16)7-10-8-13(15)12(5-2)14(9-10)18-17-3/h8-9,11,17H,4-7,16H2,1-3H3. The first-order chi connectivity index (χ1) is 8.62. The summed E-state index contributed by atoms with van der Waals surface area (Å²) in [5.41, 5.74) is 7.79. The van der Waals surface area contributed by atoms with Gasteiger partial charge in [0.15, 0.2) is 0 Å². The highest BCUT2D eigenvalue weighted by Crippen LogP contribution is 2.25. The van der Waals surface area contributed by atoms with Crippen LogP contribution in [0.5, 0.6) is 0 Å². The summed E-state index contributed by atoms with van der Waals surface area (Å²) in [7, 11) is 1.84. The topological polar surface area (TPSA) is 38.0 Å². The number of nitrogens with one attached hydrogen (secondary N) is 1. The normalized spacial score (nSPS) is 12.7. The van der Waals surface area contributed by atoms with Crippen molar-refractivity contribution >= 4 is 11.9 Å². The number of hydrogen-bond donors (Lipinski definition) is 2. The summed E-state index contributed by atoms with van der Waals surface area (Å²) in [5.74, 6) is -0.114. The average molecular weight is 270 g/mol. The molecular formula is C14H23FN2S. The van der Waals surface area contributed by atoms with Gasteiger partial charge in [-0.3, -0.25) is 4.72 Å². The van der Waals surface area contributed by atoms with Crippen LogP contribution in [0.15, 0.2) is 17.0 Å². The van der Waals surface area contributed by atoms with Gasteiger partial charge in [0.2, 0.25) is 0 Å². The summed E-state index contributed by atoms with van der Waals surface area (Å²) in [5, 5.41) is 0. The van der Waals surface area contributed by atoms with E-state index in [1.54, 1.807) is 6.07 Å². The molecular weight excluding hydrogens is 247 g/mol. The van der Waals surface area contributed by atoms with Crippen molar-refractivity contribution in [2.24, 2.45) is 5.73 Å². The fourth-order valence-electron chi connectivity index (χ4n) is 2.10. The zero-order valence-electron chi connectivity index (χ0n) is 11.4. The first kappa shape index (κ1) is 15.5. The predicted octanol–water partition coefficient (Wildman–Crippen LogP) is 3.28. The summed E-state index contributed by atoms with van der Waals surface area (Å²) in [6.45, 7) is 4.09. The van der Waals surface area contributed by atoms with Crippen molar-refractivity contribution in [2.75, 3.05) is 7.05 Å². The minimum atomic E-state index is -0.114. The van der Waals surface area contributed by atoms with Gasteiger partial charge < -0.3 is 5.73 Å². The van der Waals surface area contributed by atoms with E-state index in [2.05, 4.69) is 17.7 Å². The molecule has 3 N–H and O–H groups in total. The smallest absolute Gasteiger partial charge is 0.127 e. The molecule has 0 radical (unpaired) electrons. The van der Waals surface area contributed by atoms with Crippen LogP contribution < -0.4 is 10.5 Å². The van der Waals surface area contributed by atoms with Crippen LogP contribution in [0.1, 0.15) is 37.8 Å². The van der Waals surface area contributed by atoms with E-state index in [9.17, 15) is 4.39 Å². The highest BCUT2D eigenvalue weighted by atomic mass is 32.2. The fraction of sp³-hybridized carbons (Fsp3) is 0.571. The van der Waals surface area contributed by atoms with E-state index in [4.69, 9.17) is 5.73 Å². The van der Waals surface area contributed by atoms with E-state index >= 15 is 0 Å². The Morgan fingerprint density at radius 1 is 1.39 bits per heavy atom.